The van der Waals surface area contributed by atoms with Crippen LogP contribution in [0, 0.1) is 0 Å². The van der Waals surface area contributed by atoms with Gasteiger partial charge in [-0.05, 0) is 59.7 Å². The molecule has 33 heavy (non-hydrogen) atoms. The van der Waals surface area contributed by atoms with Gasteiger partial charge in [0.15, 0.2) is 11.5 Å². The van der Waals surface area contributed by atoms with Gasteiger partial charge in [0.2, 0.25) is 0 Å². The molecule has 8 heteroatoms. The van der Waals surface area contributed by atoms with Gasteiger partial charge in [-0.25, -0.2) is 4.98 Å². The minimum atomic E-state index is -0.233. The van der Waals surface area contributed by atoms with Gasteiger partial charge in [0, 0.05) is 29.9 Å². The van der Waals surface area contributed by atoms with E-state index in [1.54, 1.807) is 32.0 Å². The van der Waals surface area contributed by atoms with Gasteiger partial charge >= 0.3 is 0 Å². The molecule has 0 aliphatic heterocycles. The maximum atomic E-state index is 12.6. The zero-order chi connectivity index (χ0) is 23.0. The second kappa shape index (κ2) is 10.6. The van der Waals surface area contributed by atoms with Crippen molar-refractivity contribution in [3.05, 3.63) is 89.2 Å². The van der Waals surface area contributed by atoms with E-state index in [0.29, 0.717) is 30.3 Å². The van der Waals surface area contributed by atoms with E-state index in [2.05, 4.69) is 15.3 Å². The van der Waals surface area contributed by atoms with Gasteiger partial charge in [-0.3, -0.25) is 9.78 Å². The van der Waals surface area contributed by atoms with E-state index >= 15 is 0 Å². The fourth-order valence-electron chi connectivity index (χ4n) is 3.10. The molecule has 0 spiro atoms. The molecule has 0 unspecified atom stereocenters. The third-order valence-electron chi connectivity index (χ3n) is 4.90. The number of rotatable bonds is 9. The highest BCUT2D eigenvalue weighted by atomic mass is 32.1. The van der Waals surface area contributed by atoms with Crippen LogP contribution in [0.4, 0.5) is 0 Å². The molecule has 0 atom stereocenters. The summed E-state index contributed by atoms with van der Waals surface area (Å²) in [7, 11) is 3.21. The molecule has 0 bridgehead atoms. The third-order valence-corrected chi connectivity index (χ3v) is 5.79. The van der Waals surface area contributed by atoms with E-state index in [0.717, 1.165) is 27.4 Å². The Hall–Kier alpha value is -3.91. The molecule has 2 aromatic carbocycles. The van der Waals surface area contributed by atoms with Crippen molar-refractivity contribution in [2.75, 3.05) is 14.2 Å². The molecule has 0 aliphatic carbocycles. The lowest BCUT2D eigenvalue weighted by Gasteiger charge is -2.12. The molecule has 0 saturated carbocycles. The first kappa shape index (κ1) is 22.3. The van der Waals surface area contributed by atoms with E-state index in [9.17, 15) is 4.79 Å². The predicted molar refractivity (Wildman–Crippen MR) is 127 cm³/mol. The van der Waals surface area contributed by atoms with Crippen LogP contribution in [0.3, 0.4) is 0 Å². The van der Waals surface area contributed by atoms with Crippen LogP contribution in [0.25, 0.3) is 10.6 Å². The Kier molecular flexibility index (Phi) is 7.16. The number of pyridine rings is 1. The molecular weight excluding hydrogens is 438 g/mol. The molecule has 0 aliphatic rings. The van der Waals surface area contributed by atoms with E-state index in [1.165, 1.54) is 11.3 Å². The molecular formula is C25H23N3O4S. The van der Waals surface area contributed by atoms with Gasteiger partial charge in [0.1, 0.15) is 23.1 Å². The van der Waals surface area contributed by atoms with Gasteiger partial charge in [0.25, 0.3) is 5.91 Å². The fraction of sp³-hybridized carbons (Fsp3) is 0.160. The van der Waals surface area contributed by atoms with E-state index in [-0.39, 0.29) is 5.91 Å². The van der Waals surface area contributed by atoms with Crippen molar-refractivity contribution in [1.82, 2.24) is 15.3 Å². The number of methoxy groups -OCH3 is 2. The highest BCUT2D eigenvalue weighted by molar-refractivity contribution is 7.13. The van der Waals surface area contributed by atoms with E-state index < -0.39 is 0 Å². The highest BCUT2D eigenvalue weighted by Crippen LogP contribution is 2.29. The summed E-state index contributed by atoms with van der Waals surface area (Å²) in [5, 5.41) is 5.44. The number of aromatic nitrogens is 2. The number of nitrogens with zero attached hydrogens (tertiary/aromatic N) is 2. The third kappa shape index (κ3) is 5.67. The Morgan fingerprint density at radius 3 is 2.45 bits per heavy atom. The Bertz CT molecular complexity index is 1210. The van der Waals surface area contributed by atoms with Crippen molar-refractivity contribution in [2.45, 2.75) is 13.2 Å². The monoisotopic (exact) mass is 461 g/mol. The topological polar surface area (TPSA) is 82.6 Å². The first-order chi connectivity index (χ1) is 16.2. The molecule has 4 aromatic rings. The quantitative estimate of drug-likeness (QED) is 0.388. The van der Waals surface area contributed by atoms with Crippen molar-refractivity contribution >= 4 is 17.2 Å². The Morgan fingerprint density at radius 2 is 1.73 bits per heavy atom. The van der Waals surface area contributed by atoms with Crippen LogP contribution in [0.15, 0.2) is 72.4 Å². The van der Waals surface area contributed by atoms with E-state index in [4.69, 9.17) is 14.2 Å². The van der Waals surface area contributed by atoms with Crippen molar-refractivity contribution in [3.63, 3.8) is 0 Å². The van der Waals surface area contributed by atoms with Crippen LogP contribution in [-0.4, -0.2) is 30.1 Å². The summed E-state index contributed by atoms with van der Waals surface area (Å²) in [6.07, 6.45) is 3.45. The summed E-state index contributed by atoms with van der Waals surface area (Å²) in [6.45, 7) is 0.755. The second-order valence-corrected chi connectivity index (χ2v) is 7.94. The highest BCUT2D eigenvalue weighted by Gasteiger charge is 2.13. The molecule has 4 rings (SSSR count). The normalized spacial score (nSPS) is 10.5. The lowest BCUT2D eigenvalue weighted by atomic mass is 10.2. The predicted octanol–water partition coefficient (Wildman–Crippen LogP) is 4.73. The smallest absolute Gasteiger partial charge is 0.271 e. The van der Waals surface area contributed by atoms with Crippen LogP contribution in [-0.2, 0) is 13.2 Å². The zero-order valence-corrected chi connectivity index (χ0v) is 19.1. The number of ether oxygens (including phenoxy) is 3. The van der Waals surface area contributed by atoms with Crippen molar-refractivity contribution in [2.24, 2.45) is 0 Å². The lowest BCUT2D eigenvalue weighted by molar-refractivity contribution is 0.0946. The van der Waals surface area contributed by atoms with E-state index in [1.807, 2.05) is 54.6 Å². The van der Waals surface area contributed by atoms with Crippen LogP contribution in [0.2, 0.25) is 0 Å². The molecule has 168 valence electrons. The SMILES string of the molecule is COc1ccc(-c2nc(C(=O)NCc3ccc(OCc4ccncc4)c(OC)c3)cs2)cc1. The number of carbonyl (C=O) groups excluding carboxylic acids is 1. The number of carbonyl (C=O) groups is 1. The minimum absolute atomic E-state index is 0.233. The maximum Gasteiger partial charge on any atom is 0.271 e. The van der Waals surface area contributed by atoms with Crippen molar-refractivity contribution in [1.29, 1.82) is 0 Å². The average Bonchev–Trinajstić information content (AvgIpc) is 3.37. The summed E-state index contributed by atoms with van der Waals surface area (Å²) in [4.78, 5) is 21.1. The molecule has 7 nitrogen and oxygen atoms in total. The van der Waals surface area contributed by atoms with Gasteiger partial charge in [-0.1, -0.05) is 6.07 Å². The van der Waals surface area contributed by atoms with Gasteiger partial charge < -0.3 is 19.5 Å². The van der Waals surface area contributed by atoms with Gasteiger partial charge in [-0.2, -0.15) is 0 Å². The first-order valence-corrected chi connectivity index (χ1v) is 11.1. The molecule has 0 fully saturated rings. The molecule has 1 amide bonds. The Labute approximate surface area is 196 Å². The fourth-order valence-corrected chi connectivity index (χ4v) is 3.90. The van der Waals surface area contributed by atoms with Crippen LogP contribution in [0.5, 0.6) is 17.2 Å². The van der Waals surface area contributed by atoms with Gasteiger partial charge in [0.05, 0.1) is 14.2 Å². The van der Waals surface area contributed by atoms with Crippen LogP contribution < -0.4 is 19.5 Å². The summed E-state index contributed by atoms with van der Waals surface area (Å²) in [6, 6.07) is 17.0. The number of nitrogens with one attached hydrogen (secondary N) is 1. The number of thiazole rings is 1. The largest absolute Gasteiger partial charge is 0.497 e. The molecule has 2 heterocycles. The number of amides is 1. The lowest BCUT2D eigenvalue weighted by Crippen LogP contribution is -2.23. The molecule has 2 aromatic heterocycles. The number of benzene rings is 2. The zero-order valence-electron chi connectivity index (χ0n) is 18.3. The standard InChI is InChI=1S/C25H23N3O4S/c1-30-20-6-4-19(5-7-20)25-28-21(16-33-25)24(29)27-14-18-3-8-22(23(13-18)31-2)32-15-17-9-11-26-12-10-17/h3-13,16H,14-15H2,1-2H3,(H,27,29). The maximum absolute atomic E-state index is 12.6. The summed E-state index contributed by atoms with van der Waals surface area (Å²) in [5.41, 5.74) is 3.23. The Morgan fingerprint density at radius 1 is 0.939 bits per heavy atom. The summed E-state index contributed by atoms with van der Waals surface area (Å²) < 4.78 is 16.5. The van der Waals surface area contributed by atoms with Crippen molar-refractivity contribution in [3.8, 4) is 27.8 Å². The average molecular weight is 462 g/mol. The van der Waals surface area contributed by atoms with Crippen molar-refractivity contribution < 1.29 is 19.0 Å². The minimum Gasteiger partial charge on any atom is -0.497 e. The summed E-state index contributed by atoms with van der Waals surface area (Å²) in [5.74, 6) is 1.78. The van der Waals surface area contributed by atoms with Gasteiger partial charge in [-0.15, -0.1) is 11.3 Å². The van der Waals surface area contributed by atoms with Crippen LogP contribution in [0.1, 0.15) is 21.6 Å². The Balaban J connectivity index is 1.36. The molecule has 0 radical (unpaired) electrons. The molecule has 1 N–H and O–H groups in total. The summed E-state index contributed by atoms with van der Waals surface area (Å²) >= 11 is 1.42. The number of hydrogen-bond donors (Lipinski definition) is 1. The number of hydrogen-bond acceptors (Lipinski definition) is 7. The molecule has 0 saturated heterocycles. The first-order valence-electron chi connectivity index (χ1n) is 10.2. The second-order valence-electron chi connectivity index (χ2n) is 7.08. The van der Waals surface area contributed by atoms with Crippen LogP contribution >= 0.6 is 11.3 Å².